The van der Waals surface area contributed by atoms with Gasteiger partial charge in [-0.25, -0.2) is 9.37 Å². The summed E-state index contributed by atoms with van der Waals surface area (Å²) < 4.78 is 16.4. The van der Waals surface area contributed by atoms with Crippen LogP contribution in [-0.4, -0.2) is 15.4 Å². The van der Waals surface area contributed by atoms with Gasteiger partial charge in [0.05, 0.1) is 15.5 Å². The first-order chi connectivity index (χ1) is 9.60. The molecule has 1 unspecified atom stereocenters. The Bertz CT molecular complexity index is 636. The van der Waals surface area contributed by atoms with Gasteiger partial charge in [0.2, 0.25) is 0 Å². The van der Waals surface area contributed by atoms with E-state index >= 15 is 0 Å². The summed E-state index contributed by atoms with van der Waals surface area (Å²) in [6, 6.07) is 3.71. The van der Waals surface area contributed by atoms with E-state index in [0.717, 1.165) is 23.7 Å². The first-order valence-corrected chi connectivity index (χ1v) is 8.34. The lowest BCUT2D eigenvalue weighted by Gasteiger charge is -2.17. The molecule has 5 heteroatoms. The Labute approximate surface area is 131 Å². The first kappa shape index (κ1) is 14.3. The molecular formula is C15H17BrClFN2. The van der Waals surface area contributed by atoms with Crippen molar-refractivity contribution in [3.8, 4) is 0 Å². The van der Waals surface area contributed by atoms with Gasteiger partial charge in [-0.3, -0.25) is 0 Å². The molecule has 1 fully saturated rings. The standard InChI is InChI=1S/C15H17BrClFN2/c1-9(6-10-2-3-10)20-14-7-11(16)12(18)8-13(14)19-15(20)4-5-17/h7-10H,2-6H2,1H3. The Balaban J connectivity index is 2.08. The highest BCUT2D eigenvalue weighted by Crippen LogP contribution is 2.38. The average Bonchev–Trinajstić information content (AvgIpc) is 3.13. The average molecular weight is 360 g/mol. The van der Waals surface area contributed by atoms with Crippen molar-refractivity contribution in [2.75, 3.05) is 5.88 Å². The summed E-state index contributed by atoms with van der Waals surface area (Å²) in [5.74, 6) is 2.06. The Hall–Kier alpha value is -0.610. The van der Waals surface area contributed by atoms with Crippen molar-refractivity contribution in [2.45, 2.75) is 38.6 Å². The monoisotopic (exact) mass is 358 g/mol. The van der Waals surface area contributed by atoms with Crippen molar-refractivity contribution in [1.82, 2.24) is 9.55 Å². The molecule has 1 aliphatic carbocycles. The number of aryl methyl sites for hydroxylation is 1. The highest BCUT2D eigenvalue weighted by Gasteiger charge is 2.26. The summed E-state index contributed by atoms with van der Waals surface area (Å²) >= 11 is 9.15. The highest BCUT2D eigenvalue weighted by molar-refractivity contribution is 9.10. The third-order valence-electron chi connectivity index (χ3n) is 3.93. The zero-order chi connectivity index (χ0) is 14.3. The second kappa shape index (κ2) is 5.64. The van der Waals surface area contributed by atoms with Crippen LogP contribution in [0.2, 0.25) is 0 Å². The first-order valence-electron chi connectivity index (χ1n) is 7.02. The SMILES string of the molecule is CC(CC1CC1)n1c(CCCl)nc2cc(F)c(Br)cc21. The third kappa shape index (κ3) is 2.73. The smallest absolute Gasteiger partial charge is 0.139 e. The van der Waals surface area contributed by atoms with Gasteiger partial charge in [0.15, 0.2) is 0 Å². The molecule has 1 saturated carbocycles. The molecule has 1 aliphatic rings. The van der Waals surface area contributed by atoms with Crippen molar-refractivity contribution in [3.63, 3.8) is 0 Å². The molecule has 0 saturated heterocycles. The van der Waals surface area contributed by atoms with E-state index in [-0.39, 0.29) is 5.82 Å². The van der Waals surface area contributed by atoms with Crippen LogP contribution in [0.1, 0.15) is 38.1 Å². The molecule has 1 atom stereocenters. The Morgan fingerprint density at radius 1 is 1.50 bits per heavy atom. The van der Waals surface area contributed by atoms with E-state index in [1.165, 1.54) is 18.9 Å². The zero-order valence-electron chi connectivity index (χ0n) is 11.4. The fourth-order valence-electron chi connectivity index (χ4n) is 2.83. The van der Waals surface area contributed by atoms with Gasteiger partial charge in [-0.15, -0.1) is 11.6 Å². The molecule has 1 heterocycles. The van der Waals surface area contributed by atoms with Crippen LogP contribution >= 0.6 is 27.5 Å². The van der Waals surface area contributed by atoms with Crippen molar-refractivity contribution in [3.05, 3.63) is 28.2 Å². The number of hydrogen-bond acceptors (Lipinski definition) is 1. The minimum atomic E-state index is -0.269. The summed E-state index contributed by atoms with van der Waals surface area (Å²) in [5.41, 5.74) is 1.71. The third-order valence-corrected chi connectivity index (χ3v) is 4.73. The van der Waals surface area contributed by atoms with Gasteiger partial charge in [0.1, 0.15) is 11.6 Å². The molecule has 1 aromatic heterocycles. The Morgan fingerprint density at radius 2 is 2.25 bits per heavy atom. The van der Waals surface area contributed by atoms with Crippen LogP contribution in [0.4, 0.5) is 4.39 Å². The molecule has 0 radical (unpaired) electrons. The molecule has 0 bridgehead atoms. The topological polar surface area (TPSA) is 17.8 Å². The van der Waals surface area contributed by atoms with E-state index in [1.807, 2.05) is 6.07 Å². The molecule has 0 spiro atoms. The van der Waals surface area contributed by atoms with Gasteiger partial charge in [0, 0.05) is 24.4 Å². The van der Waals surface area contributed by atoms with Gasteiger partial charge in [-0.05, 0) is 41.3 Å². The molecule has 3 rings (SSSR count). The Kier molecular flexibility index (Phi) is 4.04. The molecule has 20 heavy (non-hydrogen) atoms. The maximum atomic E-state index is 13.7. The number of hydrogen-bond donors (Lipinski definition) is 0. The number of fused-ring (bicyclic) bond motifs is 1. The normalized spacial score (nSPS) is 16.8. The van der Waals surface area contributed by atoms with Gasteiger partial charge in [0.25, 0.3) is 0 Å². The maximum Gasteiger partial charge on any atom is 0.139 e. The van der Waals surface area contributed by atoms with Gasteiger partial charge < -0.3 is 4.57 Å². The highest BCUT2D eigenvalue weighted by atomic mass is 79.9. The number of halogens is 3. The number of benzene rings is 1. The fraction of sp³-hybridized carbons (Fsp3) is 0.533. The lowest BCUT2D eigenvalue weighted by atomic mass is 10.1. The number of rotatable bonds is 5. The van der Waals surface area contributed by atoms with E-state index in [4.69, 9.17) is 11.6 Å². The van der Waals surface area contributed by atoms with E-state index in [9.17, 15) is 4.39 Å². The van der Waals surface area contributed by atoms with Gasteiger partial charge >= 0.3 is 0 Å². The molecule has 0 aliphatic heterocycles. The predicted octanol–water partition coefficient (Wildman–Crippen LogP) is 5.08. The van der Waals surface area contributed by atoms with Crippen LogP contribution in [0.5, 0.6) is 0 Å². The van der Waals surface area contributed by atoms with E-state index in [1.54, 1.807) is 0 Å². The summed E-state index contributed by atoms with van der Waals surface area (Å²) in [7, 11) is 0. The minimum Gasteiger partial charge on any atom is -0.325 e. The van der Waals surface area contributed by atoms with Crippen molar-refractivity contribution >= 4 is 38.6 Å². The van der Waals surface area contributed by atoms with Crippen molar-refractivity contribution in [1.29, 1.82) is 0 Å². The van der Waals surface area contributed by atoms with Crippen LogP contribution in [0, 0.1) is 11.7 Å². The summed E-state index contributed by atoms with van der Waals surface area (Å²) in [6.45, 7) is 2.22. The van der Waals surface area contributed by atoms with E-state index in [2.05, 4.69) is 32.4 Å². The lowest BCUT2D eigenvalue weighted by molar-refractivity contribution is 0.473. The lowest BCUT2D eigenvalue weighted by Crippen LogP contribution is -2.10. The molecule has 0 amide bonds. The number of aromatic nitrogens is 2. The van der Waals surface area contributed by atoms with Crippen LogP contribution in [-0.2, 0) is 6.42 Å². The fourth-order valence-corrected chi connectivity index (χ4v) is 3.33. The van der Waals surface area contributed by atoms with Crippen LogP contribution in [0.15, 0.2) is 16.6 Å². The van der Waals surface area contributed by atoms with Crippen LogP contribution < -0.4 is 0 Å². The second-order valence-electron chi connectivity index (χ2n) is 5.62. The molecular weight excluding hydrogens is 343 g/mol. The predicted molar refractivity (Wildman–Crippen MR) is 83.9 cm³/mol. The molecule has 2 nitrogen and oxygen atoms in total. The minimum absolute atomic E-state index is 0.269. The summed E-state index contributed by atoms with van der Waals surface area (Å²) in [5, 5.41) is 0. The largest absolute Gasteiger partial charge is 0.325 e. The summed E-state index contributed by atoms with van der Waals surface area (Å²) in [4.78, 5) is 4.57. The van der Waals surface area contributed by atoms with E-state index < -0.39 is 0 Å². The zero-order valence-corrected chi connectivity index (χ0v) is 13.7. The van der Waals surface area contributed by atoms with Gasteiger partial charge in [-0.1, -0.05) is 12.8 Å². The molecule has 108 valence electrons. The molecule has 1 aromatic carbocycles. The van der Waals surface area contributed by atoms with Crippen molar-refractivity contribution < 1.29 is 4.39 Å². The van der Waals surface area contributed by atoms with Crippen LogP contribution in [0.25, 0.3) is 11.0 Å². The number of alkyl halides is 1. The molecule has 0 N–H and O–H groups in total. The van der Waals surface area contributed by atoms with Crippen LogP contribution in [0.3, 0.4) is 0 Å². The Morgan fingerprint density at radius 3 is 2.90 bits per heavy atom. The number of nitrogens with zero attached hydrogens (tertiary/aromatic N) is 2. The number of imidazole rings is 1. The molecule has 2 aromatic rings. The van der Waals surface area contributed by atoms with E-state index in [0.29, 0.717) is 28.3 Å². The second-order valence-corrected chi connectivity index (χ2v) is 6.85. The summed E-state index contributed by atoms with van der Waals surface area (Å²) in [6.07, 6.45) is 4.54. The quantitative estimate of drug-likeness (QED) is 0.681. The van der Waals surface area contributed by atoms with Gasteiger partial charge in [-0.2, -0.15) is 0 Å². The maximum absolute atomic E-state index is 13.7. The van der Waals surface area contributed by atoms with Crippen molar-refractivity contribution in [2.24, 2.45) is 5.92 Å².